The average Bonchev–Trinajstić information content (AvgIpc) is 3.28. The number of carbonyl (C=O) groups is 3. The highest BCUT2D eigenvalue weighted by atomic mass is 16.5. The number of carboxylic acid groups (broad SMARTS) is 1. The van der Waals surface area contributed by atoms with E-state index in [2.05, 4.69) is 10.3 Å². The molecule has 2 aromatic heterocycles. The predicted octanol–water partition coefficient (Wildman–Crippen LogP) is 2.65. The molecule has 0 atom stereocenters. The second-order valence-corrected chi connectivity index (χ2v) is 9.78. The van der Waals surface area contributed by atoms with E-state index in [1.165, 1.54) is 9.80 Å². The van der Waals surface area contributed by atoms with E-state index in [0.29, 0.717) is 66.0 Å². The lowest BCUT2D eigenvalue weighted by molar-refractivity contribution is -0.149. The number of esters is 1. The Morgan fingerprint density at radius 1 is 1.16 bits per heavy atom. The number of pyridine rings is 1. The van der Waals surface area contributed by atoms with Crippen molar-refractivity contribution in [1.29, 1.82) is 0 Å². The first-order chi connectivity index (χ1) is 18.2. The highest BCUT2D eigenvalue weighted by Crippen LogP contribution is 2.37. The zero-order valence-corrected chi connectivity index (χ0v) is 21.3. The van der Waals surface area contributed by atoms with Gasteiger partial charge in [0.15, 0.2) is 5.82 Å². The fourth-order valence-electron chi connectivity index (χ4n) is 5.37. The van der Waals surface area contributed by atoms with Crippen LogP contribution in [0.5, 0.6) is 0 Å². The molecule has 0 radical (unpaired) electrons. The number of amides is 2. The number of anilines is 2. The number of cyclic esters (lactones) is 1. The number of aryl methyl sites for hydroxylation is 1. The number of hydrogen-bond acceptors (Lipinski definition) is 7. The molecule has 12 heteroatoms. The highest BCUT2D eigenvalue weighted by Gasteiger charge is 2.38. The number of piperidine rings is 1. The molecule has 2 amide bonds. The van der Waals surface area contributed by atoms with Crippen molar-refractivity contribution in [3.8, 4) is 0 Å². The highest BCUT2D eigenvalue weighted by molar-refractivity contribution is 5.98. The van der Waals surface area contributed by atoms with Crippen LogP contribution in [0.15, 0.2) is 35.3 Å². The number of hydrogen-bond donors (Lipinski definition) is 3. The molecule has 3 N–H and O–H groups in total. The van der Waals surface area contributed by atoms with Crippen molar-refractivity contribution in [2.45, 2.75) is 38.6 Å². The molecule has 1 aromatic carbocycles. The third-order valence-electron chi connectivity index (χ3n) is 7.63. The van der Waals surface area contributed by atoms with Crippen LogP contribution in [0.4, 0.5) is 16.3 Å². The van der Waals surface area contributed by atoms with E-state index in [9.17, 15) is 24.3 Å². The summed E-state index contributed by atoms with van der Waals surface area (Å²) >= 11 is 0. The van der Waals surface area contributed by atoms with Crippen LogP contribution in [-0.4, -0.2) is 80.4 Å². The van der Waals surface area contributed by atoms with Crippen LogP contribution in [0.1, 0.15) is 42.1 Å². The summed E-state index contributed by atoms with van der Waals surface area (Å²) in [5, 5.41) is 17.9. The van der Waals surface area contributed by atoms with E-state index in [1.54, 1.807) is 24.4 Å². The molecule has 5 rings (SSSR count). The van der Waals surface area contributed by atoms with E-state index in [-0.39, 0.29) is 24.6 Å². The van der Waals surface area contributed by atoms with E-state index in [4.69, 9.17) is 9.84 Å². The van der Waals surface area contributed by atoms with Crippen molar-refractivity contribution < 1.29 is 24.2 Å². The molecule has 0 aliphatic carbocycles. The van der Waals surface area contributed by atoms with Gasteiger partial charge in [0.05, 0.1) is 17.6 Å². The maximum absolute atomic E-state index is 13.0. The monoisotopic (exact) mass is 522 g/mol. The minimum absolute atomic E-state index is 0.0755. The number of likely N-dealkylation sites (tertiary alicyclic amines) is 1. The van der Waals surface area contributed by atoms with Crippen LogP contribution in [0.25, 0.3) is 10.9 Å². The van der Waals surface area contributed by atoms with Crippen LogP contribution in [0.2, 0.25) is 0 Å². The molecule has 0 unspecified atom stereocenters. The lowest BCUT2D eigenvalue weighted by atomic mass is 9.85. The van der Waals surface area contributed by atoms with Crippen molar-refractivity contribution >= 4 is 40.4 Å². The maximum Gasteiger partial charge on any atom is 0.407 e. The third kappa shape index (κ3) is 4.46. The van der Waals surface area contributed by atoms with Crippen molar-refractivity contribution in [3.63, 3.8) is 0 Å². The van der Waals surface area contributed by atoms with Gasteiger partial charge in [0, 0.05) is 30.5 Å². The molecule has 0 saturated carbocycles. The second kappa shape index (κ2) is 9.84. The first-order valence-electron chi connectivity index (χ1n) is 12.6. The standard InChI is InChI=1S/C26H30N6O6/c1-3-26(7-10-30(11-8-26)25(36)37)32-19-6-9-27-23(34)21(19)22(29-32)28-17-4-5-18(16(2)14-17)24(35)31-12-13-38-20(33)15-31/h4-6,9,14H,3,7-8,10-13,15H2,1-2H3,(H,27,34)(H,28,29)(H,36,37). The van der Waals surface area contributed by atoms with Crippen LogP contribution in [0, 0.1) is 6.92 Å². The number of fused-ring (bicyclic) bond motifs is 1. The number of carbonyl (C=O) groups excluding carboxylic acids is 2. The van der Waals surface area contributed by atoms with E-state index < -0.39 is 17.6 Å². The number of ether oxygens (including phenoxy) is 1. The van der Waals surface area contributed by atoms with Gasteiger partial charge in [-0.3, -0.25) is 19.1 Å². The van der Waals surface area contributed by atoms with E-state index >= 15 is 0 Å². The summed E-state index contributed by atoms with van der Waals surface area (Å²) in [6.07, 6.45) is 2.54. The molecule has 38 heavy (non-hydrogen) atoms. The zero-order valence-electron chi connectivity index (χ0n) is 21.3. The normalized spacial score (nSPS) is 17.4. The Morgan fingerprint density at radius 3 is 2.58 bits per heavy atom. The van der Waals surface area contributed by atoms with Crippen molar-refractivity contribution in [2.75, 3.05) is 38.1 Å². The molecular weight excluding hydrogens is 492 g/mol. The Balaban J connectivity index is 1.46. The summed E-state index contributed by atoms with van der Waals surface area (Å²) in [7, 11) is 0. The minimum atomic E-state index is -0.934. The molecule has 2 fully saturated rings. The summed E-state index contributed by atoms with van der Waals surface area (Å²) in [6, 6.07) is 7.05. The van der Waals surface area contributed by atoms with Gasteiger partial charge in [-0.15, -0.1) is 0 Å². The summed E-state index contributed by atoms with van der Waals surface area (Å²) in [5.74, 6) is -0.284. The Labute approximate surface area is 218 Å². The lowest BCUT2D eigenvalue weighted by Crippen LogP contribution is -2.47. The summed E-state index contributed by atoms with van der Waals surface area (Å²) in [5.41, 5.74) is 1.79. The molecule has 3 aromatic rings. The Kier molecular flexibility index (Phi) is 6.55. The topological polar surface area (TPSA) is 150 Å². The number of morpholine rings is 1. The first-order valence-corrected chi connectivity index (χ1v) is 12.6. The van der Waals surface area contributed by atoms with Crippen molar-refractivity contribution in [2.24, 2.45) is 0 Å². The fraction of sp³-hybridized carbons (Fsp3) is 0.423. The van der Waals surface area contributed by atoms with Gasteiger partial charge in [-0.25, -0.2) is 4.79 Å². The first kappa shape index (κ1) is 25.3. The van der Waals surface area contributed by atoms with Gasteiger partial charge in [0.2, 0.25) is 0 Å². The Hall–Kier alpha value is -4.35. The van der Waals surface area contributed by atoms with Gasteiger partial charge in [-0.05, 0) is 56.0 Å². The number of aromatic amines is 1. The van der Waals surface area contributed by atoms with Gasteiger partial charge in [-0.1, -0.05) is 6.92 Å². The van der Waals surface area contributed by atoms with Crippen LogP contribution in [0.3, 0.4) is 0 Å². The van der Waals surface area contributed by atoms with Gasteiger partial charge in [0.25, 0.3) is 11.5 Å². The Bertz CT molecular complexity index is 1470. The van der Waals surface area contributed by atoms with Crippen molar-refractivity contribution in [3.05, 3.63) is 51.9 Å². The van der Waals surface area contributed by atoms with Gasteiger partial charge >= 0.3 is 12.1 Å². The minimum Gasteiger partial charge on any atom is -0.465 e. The van der Waals surface area contributed by atoms with Crippen molar-refractivity contribution in [1.82, 2.24) is 24.6 Å². The summed E-state index contributed by atoms with van der Waals surface area (Å²) < 4.78 is 6.80. The SMILES string of the molecule is CCC1(n2nc(Nc3ccc(C(=O)N4CCOC(=O)C4)c(C)c3)c3c(=O)[nH]ccc32)CCN(C(=O)O)CC1. The quantitative estimate of drug-likeness (QED) is 0.433. The summed E-state index contributed by atoms with van der Waals surface area (Å²) in [6.45, 7) is 5.09. The number of aromatic nitrogens is 3. The molecule has 12 nitrogen and oxygen atoms in total. The molecule has 4 heterocycles. The molecule has 200 valence electrons. The number of H-pyrrole nitrogens is 1. The second-order valence-electron chi connectivity index (χ2n) is 9.78. The van der Waals surface area contributed by atoms with Gasteiger partial charge in [0.1, 0.15) is 18.5 Å². The average molecular weight is 523 g/mol. The van der Waals surface area contributed by atoms with E-state index in [1.807, 2.05) is 24.6 Å². The number of nitrogens with one attached hydrogen (secondary N) is 2. The number of nitrogens with zero attached hydrogens (tertiary/aromatic N) is 4. The van der Waals surface area contributed by atoms with Gasteiger partial charge in [-0.2, -0.15) is 5.10 Å². The molecule has 2 aliphatic rings. The molecular formula is C26H30N6O6. The summed E-state index contributed by atoms with van der Waals surface area (Å²) in [4.78, 5) is 54.5. The zero-order chi connectivity index (χ0) is 27.0. The number of rotatable bonds is 5. The molecule has 0 spiro atoms. The Morgan fingerprint density at radius 2 is 1.92 bits per heavy atom. The van der Waals surface area contributed by atoms with Gasteiger partial charge < -0.3 is 29.9 Å². The lowest BCUT2D eigenvalue weighted by Gasteiger charge is -2.41. The molecule has 2 saturated heterocycles. The van der Waals surface area contributed by atoms with Crippen LogP contribution in [-0.2, 0) is 15.1 Å². The van der Waals surface area contributed by atoms with E-state index in [0.717, 1.165) is 6.42 Å². The smallest absolute Gasteiger partial charge is 0.407 e. The molecule has 2 aliphatic heterocycles. The third-order valence-corrected chi connectivity index (χ3v) is 7.63. The predicted molar refractivity (Wildman–Crippen MR) is 139 cm³/mol. The maximum atomic E-state index is 13.0. The van der Waals surface area contributed by atoms with Crippen LogP contribution < -0.4 is 10.9 Å². The van der Waals surface area contributed by atoms with Crippen LogP contribution >= 0.6 is 0 Å². The molecule has 0 bridgehead atoms. The largest absolute Gasteiger partial charge is 0.465 e. The fourth-order valence-corrected chi connectivity index (χ4v) is 5.37. The number of benzene rings is 1.